The van der Waals surface area contributed by atoms with E-state index in [4.69, 9.17) is 11.5 Å². The van der Waals surface area contributed by atoms with Crippen molar-refractivity contribution in [3.05, 3.63) is 0 Å². The van der Waals surface area contributed by atoms with Crippen LogP contribution in [-0.4, -0.2) is 31.2 Å². The lowest BCUT2D eigenvalue weighted by molar-refractivity contribution is 1.21. The maximum Gasteiger partial charge on any atom is 0.241 e. The highest BCUT2D eigenvalue weighted by Gasteiger charge is 1.79. The van der Waals surface area contributed by atoms with Crippen LogP contribution in [0, 0.1) is 0 Å². The van der Waals surface area contributed by atoms with Crippen LogP contribution >= 0.6 is 0 Å². The largest absolute Gasteiger partial charge is 0.390 e. The van der Waals surface area contributed by atoms with E-state index >= 15 is 0 Å². The second-order valence-electron chi connectivity index (χ2n) is 1.64. The molecule has 13 heavy (non-hydrogen) atoms. The number of guanidine groups is 1. The zero-order valence-electron chi connectivity index (χ0n) is 7.20. The minimum absolute atomic E-state index is 0.0202. The molecule has 0 bridgehead atoms. The Labute approximate surface area is 75.7 Å². The number of aliphatic imine (C=N–C) groups is 3. The third-order valence-corrected chi connectivity index (χ3v) is 0.770. The monoisotopic (exact) mass is 181 g/mol. The van der Waals surface area contributed by atoms with Gasteiger partial charge in [-0.2, -0.15) is 0 Å². The molecule has 7 heteroatoms. The Bertz CT molecular complexity index is 260. The highest BCUT2D eigenvalue weighted by atomic mass is 15.3. The van der Waals surface area contributed by atoms with Crippen LogP contribution in [0.1, 0.15) is 6.92 Å². The summed E-state index contributed by atoms with van der Waals surface area (Å²) in [5, 5.41) is 6.95. The van der Waals surface area contributed by atoms with E-state index in [9.17, 15) is 0 Å². The summed E-state index contributed by atoms with van der Waals surface area (Å²) in [4.78, 5) is 10.7. The van der Waals surface area contributed by atoms with Gasteiger partial charge in [0.1, 0.15) is 12.7 Å². The van der Waals surface area contributed by atoms with Crippen LogP contribution in [0.5, 0.6) is 0 Å². The van der Waals surface area contributed by atoms with Crippen LogP contribution < -0.4 is 11.5 Å². The van der Waals surface area contributed by atoms with Crippen molar-refractivity contribution in [3.8, 4) is 0 Å². The maximum absolute atomic E-state index is 5.27. The van der Waals surface area contributed by atoms with E-state index in [1.54, 1.807) is 13.1 Å². The first kappa shape index (κ1) is 11.0. The number of nitrogens with two attached hydrogens (primary N) is 2. The van der Waals surface area contributed by atoms with E-state index in [-0.39, 0.29) is 5.96 Å². The van der Waals surface area contributed by atoms with Gasteiger partial charge in [0.05, 0.1) is 6.34 Å². The smallest absolute Gasteiger partial charge is 0.241 e. The summed E-state index contributed by atoms with van der Waals surface area (Å²) in [7, 11) is 0. The molecule has 0 unspecified atom stereocenters. The van der Waals surface area contributed by atoms with Crippen molar-refractivity contribution in [2.45, 2.75) is 6.92 Å². The van der Waals surface area contributed by atoms with Crippen molar-refractivity contribution in [2.24, 2.45) is 36.6 Å². The van der Waals surface area contributed by atoms with Gasteiger partial charge < -0.3 is 11.5 Å². The van der Waals surface area contributed by atoms with Gasteiger partial charge in [0.15, 0.2) is 0 Å². The van der Waals surface area contributed by atoms with E-state index in [0.29, 0.717) is 0 Å². The standard InChI is InChI=1S/C6H11N7/c1-2-9-5-12-13-6(8)11-4-10-3-7/h2-5H,1H3,(H4,7,8,10,11,13)/b9-2?,12-5-. The molecule has 0 saturated carbocycles. The third kappa shape index (κ3) is 7.85. The average molecular weight is 181 g/mol. The third-order valence-electron chi connectivity index (χ3n) is 0.770. The van der Waals surface area contributed by atoms with Gasteiger partial charge in [0.25, 0.3) is 0 Å². The molecule has 0 rings (SSSR count). The summed E-state index contributed by atoms with van der Waals surface area (Å²) in [6, 6.07) is 0. The molecule has 0 heterocycles. The van der Waals surface area contributed by atoms with Crippen LogP contribution in [0.15, 0.2) is 25.2 Å². The summed E-state index contributed by atoms with van der Waals surface area (Å²) in [5.74, 6) is -0.0202. The van der Waals surface area contributed by atoms with E-state index in [1.165, 1.54) is 6.34 Å². The molecular formula is C6H11N7. The molecule has 0 aliphatic heterocycles. The zero-order chi connectivity index (χ0) is 9.94. The van der Waals surface area contributed by atoms with Gasteiger partial charge in [-0.05, 0) is 6.92 Å². The molecule has 70 valence electrons. The van der Waals surface area contributed by atoms with Crippen LogP contribution in [0.4, 0.5) is 0 Å². The Hall–Kier alpha value is -2.05. The maximum atomic E-state index is 5.27. The Morgan fingerprint density at radius 2 is 2.00 bits per heavy atom. The molecule has 0 aromatic heterocycles. The molecule has 0 saturated heterocycles. The zero-order valence-corrected chi connectivity index (χ0v) is 7.20. The van der Waals surface area contributed by atoms with Crippen molar-refractivity contribution in [3.63, 3.8) is 0 Å². The summed E-state index contributed by atoms with van der Waals surface area (Å²) in [5.41, 5.74) is 10.2. The second kappa shape index (κ2) is 8.05. The van der Waals surface area contributed by atoms with Crippen LogP contribution in [0.2, 0.25) is 0 Å². The van der Waals surface area contributed by atoms with Gasteiger partial charge in [0.2, 0.25) is 5.96 Å². The van der Waals surface area contributed by atoms with E-state index < -0.39 is 0 Å². The van der Waals surface area contributed by atoms with E-state index in [1.807, 2.05) is 0 Å². The number of rotatable bonds is 3. The Kier molecular flexibility index (Phi) is 6.78. The first-order valence-electron chi connectivity index (χ1n) is 3.40. The fourth-order valence-electron chi connectivity index (χ4n) is 0.338. The lowest BCUT2D eigenvalue weighted by Crippen LogP contribution is -2.07. The SMILES string of the molecule is CC=N/C=N\N=C(N)N=CN=CN. The molecule has 0 radical (unpaired) electrons. The van der Waals surface area contributed by atoms with Crippen molar-refractivity contribution < 1.29 is 0 Å². The first-order valence-corrected chi connectivity index (χ1v) is 3.40. The predicted molar refractivity (Wildman–Crippen MR) is 55.5 cm³/mol. The second-order valence-corrected chi connectivity index (χ2v) is 1.64. The van der Waals surface area contributed by atoms with Gasteiger partial charge in [0, 0.05) is 6.21 Å². The van der Waals surface area contributed by atoms with Crippen LogP contribution in [-0.2, 0) is 0 Å². The van der Waals surface area contributed by atoms with Gasteiger partial charge in [-0.3, -0.25) is 0 Å². The number of hydrogen-bond donors (Lipinski definition) is 2. The highest BCUT2D eigenvalue weighted by Crippen LogP contribution is 1.74. The minimum Gasteiger partial charge on any atom is -0.390 e. The van der Waals surface area contributed by atoms with E-state index in [2.05, 4.69) is 25.2 Å². The van der Waals surface area contributed by atoms with Gasteiger partial charge >= 0.3 is 0 Å². The normalized spacial score (nSPS) is 14.4. The molecule has 0 aliphatic rings. The molecule has 4 N–H and O–H groups in total. The summed E-state index contributed by atoms with van der Waals surface area (Å²) < 4.78 is 0. The summed E-state index contributed by atoms with van der Waals surface area (Å²) in [6.07, 6.45) is 5.06. The van der Waals surface area contributed by atoms with Crippen molar-refractivity contribution in [2.75, 3.05) is 0 Å². The summed E-state index contributed by atoms with van der Waals surface area (Å²) >= 11 is 0. The quantitative estimate of drug-likeness (QED) is 0.342. The lowest BCUT2D eigenvalue weighted by atomic mass is 10.9. The molecule has 0 aromatic rings. The fourth-order valence-corrected chi connectivity index (χ4v) is 0.338. The number of hydrogen-bond acceptors (Lipinski definition) is 2. The molecule has 7 nitrogen and oxygen atoms in total. The molecule has 0 aromatic carbocycles. The van der Waals surface area contributed by atoms with Crippen molar-refractivity contribution in [1.29, 1.82) is 0 Å². The molecule has 0 spiro atoms. The molecule has 0 atom stereocenters. The molecular weight excluding hydrogens is 170 g/mol. The van der Waals surface area contributed by atoms with E-state index in [0.717, 1.165) is 12.7 Å². The van der Waals surface area contributed by atoms with Gasteiger partial charge in [-0.15, -0.1) is 10.2 Å². The van der Waals surface area contributed by atoms with Crippen molar-refractivity contribution in [1.82, 2.24) is 0 Å². The Morgan fingerprint density at radius 3 is 2.62 bits per heavy atom. The lowest BCUT2D eigenvalue weighted by Gasteiger charge is -1.83. The van der Waals surface area contributed by atoms with Crippen molar-refractivity contribution >= 4 is 31.2 Å². The fraction of sp³-hybridized carbons (Fsp3) is 0.167. The molecule has 0 fully saturated rings. The number of nitrogens with zero attached hydrogens (tertiary/aromatic N) is 5. The first-order chi connectivity index (χ1) is 6.31. The minimum atomic E-state index is -0.0202. The van der Waals surface area contributed by atoms with Gasteiger partial charge in [-0.25, -0.2) is 15.0 Å². The Balaban J connectivity index is 4.02. The highest BCUT2D eigenvalue weighted by molar-refractivity contribution is 5.87. The van der Waals surface area contributed by atoms with Crippen LogP contribution in [0.25, 0.3) is 0 Å². The summed E-state index contributed by atoms with van der Waals surface area (Å²) in [6.45, 7) is 1.76. The van der Waals surface area contributed by atoms with Gasteiger partial charge in [-0.1, -0.05) is 0 Å². The topological polar surface area (TPSA) is 114 Å². The van der Waals surface area contributed by atoms with Crippen LogP contribution in [0.3, 0.4) is 0 Å². The average Bonchev–Trinajstić information content (AvgIpc) is 2.13. The predicted octanol–water partition coefficient (Wildman–Crippen LogP) is -0.650. The molecule has 0 amide bonds. The Morgan fingerprint density at radius 1 is 1.23 bits per heavy atom. The molecule has 0 aliphatic carbocycles.